The van der Waals surface area contributed by atoms with Crippen LogP contribution in [0.4, 0.5) is 0 Å². The van der Waals surface area contributed by atoms with Crippen LogP contribution >= 0.6 is 0 Å². The highest BCUT2D eigenvalue weighted by molar-refractivity contribution is 5.99. The average molecular weight is 332 g/mol. The van der Waals surface area contributed by atoms with Gasteiger partial charge in [-0.05, 0) is 53.1 Å². The summed E-state index contributed by atoms with van der Waals surface area (Å²) in [6, 6.07) is 21.6. The van der Waals surface area contributed by atoms with Crippen molar-refractivity contribution in [2.24, 2.45) is 5.10 Å². The van der Waals surface area contributed by atoms with Crippen molar-refractivity contribution in [2.75, 3.05) is 7.11 Å². The van der Waals surface area contributed by atoms with Crippen molar-refractivity contribution in [3.8, 4) is 5.75 Å². The zero-order valence-electron chi connectivity index (χ0n) is 14.3. The first kappa shape index (κ1) is 16.7. The zero-order chi connectivity index (χ0) is 17.6. The number of hydrogen-bond acceptors (Lipinski definition) is 3. The van der Waals surface area contributed by atoms with Crippen molar-refractivity contribution in [1.29, 1.82) is 0 Å². The lowest BCUT2D eigenvalue weighted by Gasteiger charge is -2.07. The van der Waals surface area contributed by atoms with Crippen molar-refractivity contribution in [3.63, 3.8) is 0 Å². The topological polar surface area (TPSA) is 50.7 Å². The molecule has 3 rings (SSSR count). The number of rotatable bonds is 5. The molecule has 0 aliphatic rings. The summed E-state index contributed by atoms with van der Waals surface area (Å²) in [5.74, 6) is 0.653. The van der Waals surface area contributed by atoms with Crippen molar-refractivity contribution in [2.45, 2.75) is 13.3 Å². The molecular weight excluding hydrogens is 312 g/mol. The number of hydrogen-bond donors (Lipinski definition) is 1. The molecule has 3 aromatic carbocycles. The Kier molecular flexibility index (Phi) is 5.09. The fraction of sp³-hybridized carbons (Fsp3) is 0.143. The largest absolute Gasteiger partial charge is 0.497 e. The highest BCUT2D eigenvalue weighted by Crippen LogP contribution is 2.18. The Hall–Kier alpha value is -3.14. The molecular formula is C21H20N2O2. The number of methoxy groups -OCH3 is 1. The average Bonchev–Trinajstić information content (AvgIpc) is 2.66. The predicted molar refractivity (Wildman–Crippen MR) is 101 cm³/mol. The summed E-state index contributed by atoms with van der Waals surface area (Å²) in [4.78, 5) is 12.3. The van der Waals surface area contributed by atoms with Crippen molar-refractivity contribution < 1.29 is 9.53 Å². The smallest absolute Gasteiger partial charge is 0.244 e. The molecule has 0 saturated carbocycles. The molecule has 4 heteroatoms. The second-order valence-electron chi connectivity index (χ2n) is 5.78. The predicted octanol–water partition coefficient (Wildman–Crippen LogP) is 3.93. The van der Waals surface area contributed by atoms with E-state index in [4.69, 9.17) is 4.74 Å². The van der Waals surface area contributed by atoms with Crippen LogP contribution in [0.5, 0.6) is 5.75 Å². The van der Waals surface area contributed by atoms with Crippen LogP contribution in [0.1, 0.15) is 18.1 Å². The third-order valence-electron chi connectivity index (χ3n) is 4.09. The molecule has 1 amide bonds. The summed E-state index contributed by atoms with van der Waals surface area (Å²) in [5.41, 5.74) is 5.31. The van der Waals surface area contributed by atoms with Gasteiger partial charge in [0.15, 0.2) is 0 Å². The fourth-order valence-electron chi connectivity index (χ4n) is 2.70. The number of nitrogens with one attached hydrogen (secondary N) is 1. The van der Waals surface area contributed by atoms with Crippen LogP contribution in [-0.2, 0) is 11.2 Å². The molecule has 0 aliphatic carbocycles. The van der Waals surface area contributed by atoms with Crippen LogP contribution in [0.15, 0.2) is 71.8 Å². The summed E-state index contributed by atoms with van der Waals surface area (Å²) in [6.07, 6.45) is 0.292. The summed E-state index contributed by atoms with van der Waals surface area (Å²) in [6.45, 7) is 1.86. The quantitative estimate of drug-likeness (QED) is 0.568. The maximum atomic E-state index is 12.3. The standard InChI is InChI=1S/C21H20N2O2/c1-15(16-10-12-19(25-2)13-11-16)22-23-21(24)14-18-8-5-7-17-6-3-4-9-20(17)18/h3-13H,14H2,1-2H3,(H,23,24)/b22-15-. The van der Waals surface area contributed by atoms with Crippen molar-refractivity contribution in [3.05, 3.63) is 77.9 Å². The molecule has 0 unspecified atom stereocenters. The molecule has 0 saturated heterocycles. The van der Waals surface area contributed by atoms with E-state index in [1.165, 1.54) is 0 Å². The minimum Gasteiger partial charge on any atom is -0.497 e. The van der Waals surface area contributed by atoms with Crippen LogP contribution in [0.2, 0.25) is 0 Å². The van der Waals surface area contributed by atoms with Gasteiger partial charge in [0.05, 0.1) is 19.2 Å². The lowest BCUT2D eigenvalue weighted by Crippen LogP contribution is -2.21. The minimum atomic E-state index is -0.135. The third kappa shape index (κ3) is 4.04. The normalized spacial score (nSPS) is 11.4. The number of carbonyl (C=O) groups excluding carboxylic acids is 1. The maximum Gasteiger partial charge on any atom is 0.244 e. The second-order valence-corrected chi connectivity index (χ2v) is 5.78. The lowest BCUT2D eigenvalue weighted by molar-refractivity contribution is -0.120. The van der Waals surface area contributed by atoms with Gasteiger partial charge in [0.2, 0.25) is 5.91 Å². The van der Waals surface area contributed by atoms with Crippen molar-refractivity contribution >= 4 is 22.4 Å². The Morgan fingerprint density at radius 1 is 1.00 bits per heavy atom. The van der Waals surface area contributed by atoms with E-state index in [-0.39, 0.29) is 5.91 Å². The third-order valence-corrected chi connectivity index (χ3v) is 4.09. The minimum absolute atomic E-state index is 0.135. The maximum absolute atomic E-state index is 12.3. The van der Waals surface area contributed by atoms with Crippen LogP contribution in [0.3, 0.4) is 0 Å². The molecule has 0 spiro atoms. The summed E-state index contributed by atoms with van der Waals surface area (Å²) < 4.78 is 5.14. The first-order chi connectivity index (χ1) is 12.2. The molecule has 1 N–H and O–H groups in total. The molecule has 4 nitrogen and oxygen atoms in total. The number of nitrogens with zero attached hydrogens (tertiary/aromatic N) is 1. The first-order valence-electron chi connectivity index (χ1n) is 8.11. The van der Waals surface area contributed by atoms with E-state index in [0.29, 0.717) is 6.42 Å². The fourth-order valence-corrected chi connectivity index (χ4v) is 2.70. The summed E-state index contributed by atoms with van der Waals surface area (Å²) >= 11 is 0. The van der Waals surface area contributed by atoms with E-state index in [1.54, 1.807) is 7.11 Å². The monoisotopic (exact) mass is 332 g/mol. The molecule has 0 aliphatic heterocycles. The number of amides is 1. The first-order valence-corrected chi connectivity index (χ1v) is 8.11. The van der Waals surface area contributed by atoms with Crippen LogP contribution < -0.4 is 10.2 Å². The number of carbonyl (C=O) groups is 1. The SMILES string of the molecule is COc1ccc(/C(C)=N\NC(=O)Cc2cccc3ccccc23)cc1. The van der Waals surface area contributed by atoms with Crippen LogP contribution in [-0.4, -0.2) is 18.7 Å². The molecule has 3 aromatic rings. The van der Waals surface area contributed by atoms with Gasteiger partial charge in [-0.1, -0.05) is 42.5 Å². The molecule has 0 atom stereocenters. The Bertz CT molecular complexity index is 909. The van der Waals surface area contributed by atoms with Gasteiger partial charge >= 0.3 is 0 Å². The van der Waals surface area contributed by atoms with E-state index in [0.717, 1.165) is 33.4 Å². The van der Waals surface area contributed by atoms with Gasteiger partial charge in [0, 0.05) is 0 Å². The van der Waals surface area contributed by atoms with Crippen LogP contribution in [0.25, 0.3) is 10.8 Å². The molecule has 0 radical (unpaired) electrons. The Morgan fingerprint density at radius 2 is 1.72 bits per heavy atom. The molecule has 0 aromatic heterocycles. The van der Waals surface area contributed by atoms with Crippen LogP contribution in [0, 0.1) is 0 Å². The molecule has 126 valence electrons. The van der Waals surface area contributed by atoms with E-state index < -0.39 is 0 Å². The van der Waals surface area contributed by atoms with Gasteiger partial charge in [-0.3, -0.25) is 4.79 Å². The summed E-state index contributed by atoms with van der Waals surface area (Å²) in [5, 5.41) is 6.43. The van der Waals surface area contributed by atoms with Gasteiger partial charge in [-0.25, -0.2) is 5.43 Å². The van der Waals surface area contributed by atoms with E-state index in [1.807, 2.05) is 73.7 Å². The lowest BCUT2D eigenvalue weighted by atomic mass is 10.0. The second kappa shape index (κ2) is 7.62. The van der Waals surface area contributed by atoms with Gasteiger partial charge in [0.1, 0.15) is 5.75 Å². The van der Waals surface area contributed by atoms with E-state index in [9.17, 15) is 4.79 Å². The van der Waals surface area contributed by atoms with E-state index >= 15 is 0 Å². The number of ether oxygens (including phenoxy) is 1. The molecule has 0 fully saturated rings. The molecule has 0 heterocycles. The van der Waals surface area contributed by atoms with Crippen molar-refractivity contribution in [1.82, 2.24) is 5.43 Å². The molecule has 0 bridgehead atoms. The van der Waals surface area contributed by atoms with Gasteiger partial charge in [0.25, 0.3) is 0 Å². The number of benzene rings is 3. The zero-order valence-corrected chi connectivity index (χ0v) is 14.3. The Labute approximate surface area is 147 Å². The number of hydrazone groups is 1. The van der Waals surface area contributed by atoms with Gasteiger partial charge in [-0.2, -0.15) is 5.10 Å². The van der Waals surface area contributed by atoms with Gasteiger partial charge < -0.3 is 4.74 Å². The summed E-state index contributed by atoms with van der Waals surface area (Å²) in [7, 11) is 1.63. The highest BCUT2D eigenvalue weighted by Gasteiger charge is 2.06. The number of fused-ring (bicyclic) bond motifs is 1. The van der Waals surface area contributed by atoms with Gasteiger partial charge in [-0.15, -0.1) is 0 Å². The Morgan fingerprint density at radius 3 is 2.48 bits per heavy atom. The molecule has 25 heavy (non-hydrogen) atoms. The van der Waals surface area contributed by atoms with E-state index in [2.05, 4.69) is 10.5 Å². The Balaban J connectivity index is 1.69. The highest BCUT2D eigenvalue weighted by atomic mass is 16.5.